The van der Waals surface area contributed by atoms with E-state index >= 15 is 0 Å². The van der Waals surface area contributed by atoms with Crippen LogP contribution in [0.1, 0.15) is 18.9 Å². The lowest BCUT2D eigenvalue weighted by Crippen LogP contribution is -2.39. The zero-order chi connectivity index (χ0) is 11.8. The van der Waals surface area contributed by atoms with Gasteiger partial charge in [0.05, 0.1) is 12.6 Å². The number of carbonyl (C=O) groups is 1. The summed E-state index contributed by atoms with van der Waals surface area (Å²) in [6, 6.07) is 10.2. The molecular weight excluding hydrogens is 202 g/mol. The Balaban J connectivity index is 2.54. The maximum atomic E-state index is 11.3. The van der Waals surface area contributed by atoms with Gasteiger partial charge in [-0.3, -0.25) is 4.79 Å². The molecule has 0 spiro atoms. The Hall–Kier alpha value is -1.35. The quantitative estimate of drug-likeness (QED) is 0.795. The van der Waals surface area contributed by atoms with Gasteiger partial charge in [-0.25, -0.2) is 0 Å². The van der Waals surface area contributed by atoms with Gasteiger partial charge in [0, 0.05) is 13.5 Å². The van der Waals surface area contributed by atoms with Gasteiger partial charge in [0.25, 0.3) is 0 Å². The minimum Gasteiger partial charge on any atom is -0.383 e. The second-order valence-electron chi connectivity index (χ2n) is 3.76. The van der Waals surface area contributed by atoms with E-state index < -0.39 is 0 Å². The Morgan fingerprint density at radius 1 is 1.38 bits per heavy atom. The van der Waals surface area contributed by atoms with Crippen LogP contribution in [0, 0.1) is 0 Å². The van der Waals surface area contributed by atoms with Crippen molar-refractivity contribution in [3.8, 4) is 0 Å². The Labute approximate surface area is 96.8 Å². The summed E-state index contributed by atoms with van der Waals surface area (Å²) in [5, 5.41) is 2.95. The molecule has 1 N–H and O–H groups in total. The molecule has 1 atom stereocenters. The molecular formula is C13H19NO2. The molecule has 0 bridgehead atoms. The molecule has 3 heteroatoms. The first-order valence-electron chi connectivity index (χ1n) is 5.58. The van der Waals surface area contributed by atoms with Crippen LogP contribution in [0.4, 0.5) is 0 Å². The van der Waals surface area contributed by atoms with Crippen molar-refractivity contribution < 1.29 is 9.53 Å². The van der Waals surface area contributed by atoms with Crippen LogP contribution in [-0.4, -0.2) is 25.7 Å². The molecule has 0 aromatic heterocycles. The Morgan fingerprint density at radius 2 is 2.06 bits per heavy atom. The number of hydrogen-bond donors (Lipinski definition) is 1. The van der Waals surface area contributed by atoms with E-state index in [1.54, 1.807) is 7.11 Å². The maximum absolute atomic E-state index is 11.3. The number of amides is 1. The van der Waals surface area contributed by atoms with Crippen LogP contribution in [0.25, 0.3) is 0 Å². The molecule has 0 fully saturated rings. The van der Waals surface area contributed by atoms with Gasteiger partial charge in [-0.15, -0.1) is 0 Å². The van der Waals surface area contributed by atoms with E-state index in [4.69, 9.17) is 4.74 Å². The Kier molecular flexibility index (Phi) is 5.57. The predicted octanol–water partition coefficient (Wildman–Crippen LogP) is 1.77. The summed E-state index contributed by atoms with van der Waals surface area (Å²) < 4.78 is 5.11. The van der Waals surface area contributed by atoms with Crippen molar-refractivity contribution in [1.29, 1.82) is 0 Å². The van der Waals surface area contributed by atoms with Crippen LogP contribution in [0.2, 0.25) is 0 Å². The highest BCUT2D eigenvalue weighted by Crippen LogP contribution is 2.03. The van der Waals surface area contributed by atoms with Crippen molar-refractivity contribution in [3.63, 3.8) is 0 Å². The molecule has 1 rings (SSSR count). The monoisotopic (exact) mass is 221 g/mol. The topological polar surface area (TPSA) is 38.3 Å². The third kappa shape index (κ3) is 4.45. The molecule has 0 radical (unpaired) electrons. The standard InChI is InChI=1S/C13H19NO2/c1-3-13(15)14-12(10-16-2)9-11-7-5-4-6-8-11/h4-8,12H,3,9-10H2,1-2H3,(H,14,15). The predicted molar refractivity (Wildman–Crippen MR) is 64.2 cm³/mol. The molecule has 1 aromatic rings. The summed E-state index contributed by atoms with van der Waals surface area (Å²) in [6.45, 7) is 2.39. The van der Waals surface area contributed by atoms with E-state index in [1.165, 1.54) is 5.56 Å². The van der Waals surface area contributed by atoms with Crippen molar-refractivity contribution in [2.24, 2.45) is 0 Å². The molecule has 1 unspecified atom stereocenters. The Morgan fingerprint density at radius 3 is 2.62 bits per heavy atom. The molecule has 0 saturated carbocycles. The van der Waals surface area contributed by atoms with Crippen LogP contribution in [0.3, 0.4) is 0 Å². The van der Waals surface area contributed by atoms with Crippen LogP contribution in [0.15, 0.2) is 30.3 Å². The van der Waals surface area contributed by atoms with Gasteiger partial charge < -0.3 is 10.1 Å². The number of nitrogens with one attached hydrogen (secondary N) is 1. The fourth-order valence-electron chi connectivity index (χ4n) is 1.58. The number of hydrogen-bond acceptors (Lipinski definition) is 2. The highest BCUT2D eigenvalue weighted by Gasteiger charge is 2.11. The highest BCUT2D eigenvalue weighted by molar-refractivity contribution is 5.75. The first kappa shape index (κ1) is 12.7. The molecule has 0 heterocycles. The lowest BCUT2D eigenvalue weighted by Gasteiger charge is -2.17. The van der Waals surface area contributed by atoms with Gasteiger partial charge in [-0.05, 0) is 12.0 Å². The zero-order valence-electron chi connectivity index (χ0n) is 9.90. The summed E-state index contributed by atoms with van der Waals surface area (Å²) in [5.74, 6) is 0.0676. The zero-order valence-corrected chi connectivity index (χ0v) is 9.90. The van der Waals surface area contributed by atoms with Crippen molar-refractivity contribution in [2.75, 3.05) is 13.7 Å². The molecule has 0 aliphatic rings. The van der Waals surface area contributed by atoms with E-state index in [2.05, 4.69) is 17.4 Å². The summed E-state index contributed by atoms with van der Waals surface area (Å²) >= 11 is 0. The highest BCUT2D eigenvalue weighted by atomic mass is 16.5. The van der Waals surface area contributed by atoms with Gasteiger partial charge in [0.2, 0.25) is 5.91 Å². The van der Waals surface area contributed by atoms with E-state index in [9.17, 15) is 4.79 Å². The van der Waals surface area contributed by atoms with E-state index in [-0.39, 0.29) is 11.9 Å². The fourth-order valence-corrected chi connectivity index (χ4v) is 1.58. The SMILES string of the molecule is CCC(=O)NC(COC)Cc1ccccc1. The molecule has 0 aliphatic carbocycles. The molecule has 0 saturated heterocycles. The average molecular weight is 221 g/mol. The molecule has 3 nitrogen and oxygen atoms in total. The van der Waals surface area contributed by atoms with E-state index in [1.807, 2.05) is 25.1 Å². The molecule has 88 valence electrons. The average Bonchev–Trinajstić information content (AvgIpc) is 2.30. The second kappa shape index (κ2) is 7.01. The number of rotatable bonds is 6. The van der Waals surface area contributed by atoms with Crippen LogP contribution in [-0.2, 0) is 16.0 Å². The number of benzene rings is 1. The summed E-state index contributed by atoms with van der Waals surface area (Å²) in [6.07, 6.45) is 1.31. The Bertz CT molecular complexity index is 311. The van der Waals surface area contributed by atoms with Gasteiger partial charge in [-0.2, -0.15) is 0 Å². The molecule has 0 aliphatic heterocycles. The summed E-state index contributed by atoms with van der Waals surface area (Å²) in [5.41, 5.74) is 1.21. The van der Waals surface area contributed by atoms with Gasteiger partial charge in [-0.1, -0.05) is 37.3 Å². The third-order valence-electron chi connectivity index (χ3n) is 2.38. The normalized spacial score (nSPS) is 12.1. The van der Waals surface area contributed by atoms with E-state index in [0.717, 1.165) is 6.42 Å². The minimum absolute atomic E-state index is 0.0554. The van der Waals surface area contributed by atoms with Crippen molar-refractivity contribution in [2.45, 2.75) is 25.8 Å². The number of ether oxygens (including phenoxy) is 1. The third-order valence-corrected chi connectivity index (χ3v) is 2.38. The lowest BCUT2D eigenvalue weighted by atomic mass is 10.1. The van der Waals surface area contributed by atoms with Crippen LogP contribution in [0.5, 0.6) is 0 Å². The first-order chi connectivity index (χ1) is 7.76. The minimum atomic E-state index is 0.0554. The van der Waals surface area contributed by atoms with E-state index in [0.29, 0.717) is 13.0 Å². The first-order valence-corrected chi connectivity index (χ1v) is 5.58. The largest absolute Gasteiger partial charge is 0.383 e. The maximum Gasteiger partial charge on any atom is 0.220 e. The summed E-state index contributed by atoms with van der Waals surface area (Å²) in [7, 11) is 1.65. The lowest BCUT2D eigenvalue weighted by molar-refractivity contribution is -0.121. The van der Waals surface area contributed by atoms with Crippen molar-refractivity contribution in [3.05, 3.63) is 35.9 Å². The van der Waals surface area contributed by atoms with Crippen molar-refractivity contribution >= 4 is 5.91 Å². The van der Waals surface area contributed by atoms with Crippen LogP contribution < -0.4 is 5.32 Å². The van der Waals surface area contributed by atoms with Crippen molar-refractivity contribution in [1.82, 2.24) is 5.32 Å². The second-order valence-corrected chi connectivity index (χ2v) is 3.76. The fraction of sp³-hybridized carbons (Fsp3) is 0.462. The van der Waals surface area contributed by atoms with Crippen LogP contribution >= 0.6 is 0 Å². The van der Waals surface area contributed by atoms with Gasteiger partial charge >= 0.3 is 0 Å². The molecule has 1 amide bonds. The van der Waals surface area contributed by atoms with Gasteiger partial charge in [0.1, 0.15) is 0 Å². The number of methoxy groups -OCH3 is 1. The summed E-state index contributed by atoms with van der Waals surface area (Å²) in [4.78, 5) is 11.3. The van der Waals surface area contributed by atoms with Gasteiger partial charge in [0.15, 0.2) is 0 Å². The molecule has 1 aromatic carbocycles. The molecule has 16 heavy (non-hydrogen) atoms. The number of carbonyl (C=O) groups excluding carboxylic acids is 1. The smallest absolute Gasteiger partial charge is 0.220 e.